The van der Waals surface area contributed by atoms with Crippen LogP contribution in [0.15, 0.2) is 170 Å². The number of ether oxygens (including phenoxy) is 7. The van der Waals surface area contributed by atoms with Gasteiger partial charge < -0.3 is 48.1 Å². The molecule has 8 rings (SSSR count). The molecular formula is C84H90F6N4O16. The molecule has 584 valence electrons. The number of Topliss-reactive ketones (excluding diaryl/α,β-unsaturated/α-hetero) is 2. The van der Waals surface area contributed by atoms with Crippen molar-refractivity contribution in [1.29, 1.82) is 0 Å². The van der Waals surface area contributed by atoms with Crippen molar-refractivity contribution < 1.29 is 103 Å². The monoisotopic (exact) mass is 1520 g/mol. The molecular weight excluding hydrogens is 1430 g/mol. The Labute approximate surface area is 635 Å². The third-order valence-electron chi connectivity index (χ3n) is 17.0. The average molecular weight is 1530 g/mol. The van der Waals surface area contributed by atoms with Crippen LogP contribution in [0, 0.1) is 0 Å². The van der Waals surface area contributed by atoms with Crippen LogP contribution in [0.2, 0.25) is 0 Å². The van der Waals surface area contributed by atoms with Crippen molar-refractivity contribution in [3.05, 3.63) is 237 Å². The zero-order chi connectivity index (χ0) is 80.0. The Morgan fingerprint density at radius 3 is 1.12 bits per heavy atom. The highest BCUT2D eigenvalue weighted by Crippen LogP contribution is 2.37. The van der Waals surface area contributed by atoms with E-state index in [0.717, 1.165) is 48.9 Å². The summed E-state index contributed by atoms with van der Waals surface area (Å²) in [4.78, 5) is 113. The summed E-state index contributed by atoms with van der Waals surface area (Å²) >= 11 is 0. The molecule has 2 amide bonds. The van der Waals surface area contributed by atoms with Crippen LogP contribution >= 0.6 is 0 Å². The lowest BCUT2D eigenvalue weighted by Crippen LogP contribution is -2.38. The fourth-order valence-electron chi connectivity index (χ4n) is 11.2. The number of aliphatic carboxylic acids is 1. The third-order valence-corrected chi connectivity index (χ3v) is 17.0. The molecule has 6 aromatic carbocycles. The molecule has 0 saturated carbocycles. The number of hydrogen-bond acceptors (Lipinski definition) is 17. The second-order valence-electron chi connectivity index (χ2n) is 26.7. The van der Waals surface area contributed by atoms with E-state index in [9.17, 15) is 69.8 Å². The topological polar surface area (TPSA) is 254 Å². The van der Waals surface area contributed by atoms with Gasteiger partial charge in [0.25, 0.3) is 11.8 Å². The molecule has 0 aliphatic carbocycles. The number of amides is 2. The number of aromatic nitrogens is 2. The number of alkyl halides is 6. The second kappa shape index (κ2) is 41.8. The van der Waals surface area contributed by atoms with Crippen LogP contribution in [-0.2, 0) is 52.6 Å². The average Bonchev–Trinajstić information content (AvgIpc) is 0.790. The number of carbonyl (C=O) groups excluding carboxylic acids is 7. The van der Waals surface area contributed by atoms with E-state index in [2.05, 4.69) is 23.8 Å². The molecule has 1 N–H and O–H groups in total. The molecule has 2 heterocycles. The molecule has 0 fully saturated rings. The number of carboxylic acid groups (broad SMARTS) is 1. The Bertz CT molecular complexity index is 4360. The zero-order valence-electron chi connectivity index (χ0n) is 62.4. The molecule has 0 radical (unpaired) electrons. The Balaban J connectivity index is 0.000000307. The van der Waals surface area contributed by atoms with Gasteiger partial charge in [0.2, 0.25) is 0 Å². The van der Waals surface area contributed by atoms with Gasteiger partial charge in [-0.2, -0.15) is 26.3 Å². The summed E-state index contributed by atoms with van der Waals surface area (Å²) in [6.45, 7) is 9.41. The van der Waals surface area contributed by atoms with E-state index in [4.69, 9.17) is 33.2 Å². The predicted molar refractivity (Wildman–Crippen MR) is 397 cm³/mol. The third kappa shape index (κ3) is 28.0. The van der Waals surface area contributed by atoms with Crippen LogP contribution in [-0.4, -0.2) is 118 Å². The Morgan fingerprint density at radius 1 is 0.427 bits per heavy atom. The first-order valence-corrected chi connectivity index (χ1v) is 36.0. The highest BCUT2D eigenvalue weighted by Gasteiger charge is 2.36. The number of methoxy groups -OCH3 is 2. The van der Waals surface area contributed by atoms with Crippen LogP contribution in [0.4, 0.5) is 26.3 Å². The standard InChI is InChI=1S/C44H49F3N2O8.C40H41F3N2O8/c1-6-7-8-9-10-25-55-34-20-14-32(15-21-34)42(53)56-35-18-11-30(12-19-35)28-49(29-40(51)57-43(2,3)4)41(52)38-23-16-33(27-48-38)39(50)24-17-31-13-22-36(54-5)26-37(31)44(45,46)47;1-3-4-5-6-7-22-52-31-17-11-29(12-18-31)39(50)53-32-15-8-27(9-16-32)25-45(26-37(47)48)38(49)35-20-13-30(24-44-35)36(46)21-14-28-10-19-33(51-2)23-34(28)40(41,42)43/h11-16,18-23,26-27H,6-10,17,24-25,28-29H2,1-5H3;8-13,15-20,23-24H,3-7,14,21-22,25-26H2,1-2H3,(H,47,48). The van der Waals surface area contributed by atoms with Gasteiger partial charge in [-0.1, -0.05) is 102 Å². The van der Waals surface area contributed by atoms with Crippen LogP contribution in [0.3, 0.4) is 0 Å². The molecule has 26 heteroatoms. The van der Waals surface area contributed by atoms with E-state index in [1.165, 1.54) is 125 Å². The van der Waals surface area contributed by atoms with E-state index >= 15 is 0 Å². The van der Waals surface area contributed by atoms with Gasteiger partial charge in [0.05, 0.1) is 49.7 Å². The fourth-order valence-corrected chi connectivity index (χ4v) is 11.2. The van der Waals surface area contributed by atoms with Gasteiger partial charge in [0.1, 0.15) is 64.6 Å². The minimum absolute atomic E-state index is 0.0404. The van der Waals surface area contributed by atoms with Crippen LogP contribution in [0.5, 0.6) is 34.5 Å². The maximum absolute atomic E-state index is 13.7. The lowest BCUT2D eigenvalue weighted by atomic mass is 9.99. The lowest BCUT2D eigenvalue weighted by molar-refractivity contribution is -0.155. The van der Waals surface area contributed by atoms with Crippen molar-refractivity contribution in [2.24, 2.45) is 0 Å². The molecule has 2 aromatic heterocycles. The van der Waals surface area contributed by atoms with Crippen LogP contribution in [0.25, 0.3) is 0 Å². The first kappa shape index (κ1) is 85.8. The highest BCUT2D eigenvalue weighted by molar-refractivity contribution is 5.99. The molecule has 8 aromatic rings. The number of ketones is 2. The number of esters is 3. The molecule has 0 saturated heterocycles. The molecule has 0 aliphatic rings. The predicted octanol–water partition coefficient (Wildman–Crippen LogP) is 17.7. The largest absolute Gasteiger partial charge is 0.497 e. The number of unbranched alkanes of at least 4 members (excludes halogenated alkanes) is 8. The van der Waals surface area contributed by atoms with Gasteiger partial charge in [-0.3, -0.25) is 38.7 Å². The van der Waals surface area contributed by atoms with E-state index in [-0.39, 0.29) is 95.4 Å². The van der Waals surface area contributed by atoms with Crippen molar-refractivity contribution in [2.75, 3.05) is 40.5 Å². The number of hydrogen-bond donors (Lipinski definition) is 1. The summed E-state index contributed by atoms with van der Waals surface area (Å²) in [6, 6.07) is 38.4. The summed E-state index contributed by atoms with van der Waals surface area (Å²) in [5, 5.41) is 9.48. The quantitative estimate of drug-likeness (QED) is 0.0124. The molecule has 0 spiro atoms. The van der Waals surface area contributed by atoms with Gasteiger partial charge in [-0.15, -0.1) is 0 Å². The van der Waals surface area contributed by atoms with Crippen molar-refractivity contribution in [2.45, 2.75) is 156 Å². The van der Waals surface area contributed by atoms with Crippen molar-refractivity contribution in [3.8, 4) is 34.5 Å². The number of halogens is 6. The Morgan fingerprint density at radius 2 is 0.782 bits per heavy atom. The first-order valence-electron chi connectivity index (χ1n) is 36.0. The Kier molecular flexibility index (Phi) is 32.6. The number of aryl methyl sites for hydroxylation is 2. The minimum atomic E-state index is -4.64. The lowest BCUT2D eigenvalue weighted by Gasteiger charge is -2.25. The SMILES string of the molecule is CCCCCCCOc1ccc(C(=O)Oc2ccc(CN(CC(=O)O)C(=O)c3ccc(C(=O)CCc4ccc(OC)cc4C(F)(F)F)cn3)cc2)cc1.CCCCCCCOc1ccc(C(=O)Oc2ccc(CN(CC(=O)OC(C)(C)C)C(=O)c3ccc(C(=O)CCc4ccc(OC)cc4C(F)(F)F)cn3)cc2)cc1. The molecule has 0 unspecified atom stereocenters. The van der Waals surface area contributed by atoms with Crippen LogP contribution < -0.4 is 28.4 Å². The second-order valence-corrected chi connectivity index (χ2v) is 26.7. The van der Waals surface area contributed by atoms with E-state index in [0.29, 0.717) is 47.0 Å². The number of carboxylic acids is 1. The van der Waals surface area contributed by atoms with Gasteiger partial charge in [-0.05, 0) is 190 Å². The summed E-state index contributed by atoms with van der Waals surface area (Å²) in [7, 11) is 2.52. The number of benzene rings is 6. The van der Waals surface area contributed by atoms with Gasteiger partial charge in [-0.25, -0.2) is 9.59 Å². The number of rotatable bonds is 38. The van der Waals surface area contributed by atoms with Crippen molar-refractivity contribution in [1.82, 2.24) is 19.8 Å². The maximum atomic E-state index is 13.7. The van der Waals surface area contributed by atoms with E-state index in [1.807, 2.05) is 0 Å². The zero-order valence-corrected chi connectivity index (χ0v) is 62.4. The summed E-state index contributed by atoms with van der Waals surface area (Å²) in [5.74, 6) is -3.44. The number of nitrogens with zero attached hydrogens (tertiary/aromatic N) is 4. The summed E-state index contributed by atoms with van der Waals surface area (Å²) in [5.41, 5.74) is -0.918. The highest BCUT2D eigenvalue weighted by atomic mass is 19.4. The fraction of sp³-hybridized carbons (Fsp3) is 0.357. The molecule has 20 nitrogen and oxygen atoms in total. The summed E-state index contributed by atoms with van der Waals surface area (Å²) < 4.78 is 119. The van der Waals surface area contributed by atoms with E-state index < -0.39 is 89.4 Å². The number of pyridine rings is 2. The van der Waals surface area contributed by atoms with E-state index in [1.54, 1.807) is 106 Å². The number of carbonyl (C=O) groups is 8. The molecule has 0 bridgehead atoms. The minimum Gasteiger partial charge on any atom is -0.497 e. The molecule has 0 aliphatic heterocycles. The summed E-state index contributed by atoms with van der Waals surface area (Å²) in [6.07, 6.45) is 3.48. The maximum Gasteiger partial charge on any atom is 0.416 e. The Hall–Kier alpha value is -11.4. The van der Waals surface area contributed by atoms with Gasteiger partial charge >= 0.3 is 36.2 Å². The first-order chi connectivity index (χ1) is 52.4. The van der Waals surface area contributed by atoms with Crippen LogP contribution in [0.1, 0.15) is 207 Å². The molecule has 110 heavy (non-hydrogen) atoms. The molecule has 0 atom stereocenters. The van der Waals surface area contributed by atoms with Gasteiger partial charge in [0.15, 0.2) is 11.6 Å². The van der Waals surface area contributed by atoms with Crippen molar-refractivity contribution >= 4 is 47.3 Å². The van der Waals surface area contributed by atoms with Crippen molar-refractivity contribution in [3.63, 3.8) is 0 Å². The smallest absolute Gasteiger partial charge is 0.416 e. The normalized spacial score (nSPS) is 11.3. The van der Waals surface area contributed by atoms with Gasteiger partial charge in [0, 0.05) is 49.5 Å².